The second-order valence-corrected chi connectivity index (χ2v) is 10.7. The number of alkyl carbamates (subject to hydrolysis) is 1. The molecule has 0 spiro atoms. The van der Waals surface area contributed by atoms with Crippen LogP contribution in [0, 0.1) is 11.8 Å². The van der Waals surface area contributed by atoms with Crippen molar-refractivity contribution in [2.45, 2.75) is 76.5 Å². The smallest absolute Gasteiger partial charge is 0.406 e. The van der Waals surface area contributed by atoms with Gasteiger partial charge in [-0.15, -0.1) is 0 Å². The number of nitrogens with one attached hydrogen (secondary N) is 2. The number of amides is 3. The maximum absolute atomic E-state index is 13.3. The Labute approximate surface area is 220 Å². The summed E-state index contributed by atoms with van der Waals surface area (Å²) < 4.78 is 10.9. The van der Waals surface area contributed by atoms with Crippen LogP contribution in [0.2, 0.25) is 5.02 Å². The minimum Gasteiger partial charge on any atom is -0.453 e. The number of likely N-dealkylation sites (tertiary alicyclic amines) is 1. The summed E-state index contributed by atoms with van der Waals surface area (Å²) in [4.78, 5) is 26.6. The number of hydrogen-bond acceptors (Lipinski definition) is 5. The SMILES string of the molecule is COC(=O)NCCO[C@@H](c1cccc(Cl)c1)C1CCCN(C(=O)NC(CC2CCCCC2)[C@@H](C)N)C1. The highest BCUT2D eigenvalue weighted by atomic mass is 35.5. The molecule has 0 radical (unpaired) electrons. The molecule has 202 valence electrons. The third-order valence-electron chi connectivity index (χ3n) is 7.46. The average Bonchev–Trinajstić information content (AvgIpc) is 2.88. The fourth-order valence-electron chi connectivity index (χ4n) is 5.48. The van der Waals surface area contributed by atoms with Crippen molar-refractivity contribution in [2.24, 2.45) is 17.6 Å². The molecule has 4 N–H and O–H groups in total. The van der Waals surface area contributed by atoms with Gasteiger partial charge in [-0.2, -0.15) is 0 Å². The van der Waals surface area contributed by atoms with Gasteiger partial charge in [-0.1, -0.05) is 55.8 Å². The maximum Gasteiger partial charge on any atom is 0.406 e. The van der Waals surface area contributed by atoms with Crippen LogP contribution in [0.4, 0.5) is 9.59 Å². The quantitative estimate of drug-likeness (QED) is 0.380. The van der Waals surface area contributed by atoms with Crippen molar-refractivity contribution in [2.75, 3.05) is 33.4 Å². The molecule has 36 heavy (non-hydrogen) atoms. The molecule has 0 bridgehead atoms. The van der Waals surface area contributed by atoms with Crippen LogP contribution in [0.3, 0.4) is 0 Å². The van der Waals surface area contributed by atoms with E-state index in [-0.39, 0.29) is 30.1 Å². The third-order valence-corrected chi connectivity index (χ3v) is 7.70. The molecule has 2 unspecified atom stereocenters. The molecule has 1 heterocycles. The van der Waals surface area contributed by atoms with Crippen LogP contribution in [-0.4, -0.2) is 62.5 Å². The molecular formula is C27H43ClN4O4. The lowest BCUT2D eigenvalue weighted by Crippen LogP contribution is -2.54. The van der Waals surface area contributed by atoms with Crippen LogP contribution < -0.4 is 16.4 Å². The fraction of sp³-hybridized carbons (Fsp3) is 0.704. The van der Waals surface area contributed by atoms with E-state index in [1.54, 1.807) is 0 Å². The molecule has 1 aliphatic heterocycles. The number of rotatable bonds is 10. The molecule has 1 aromatic rings. The van der Waals surface area contributed by atoms with E-state index in [0.717, 1.165) is 24.8 Å². The van der Waals surface area contributed by atoms with Crippen molar-refractivity contribution >= 4 is 23.7 Å². The molecule has 8 nitrogen and oxygen atoms in total. The molecule has 2 fully saturated rings. The Morgan fingerprint density at radius 1 is 1.19 bits per heavy atom. The highest BCUT2D eigenvalue weighted by molar-refractivity contribution is 6.30. The number of piperidine rings is 1. The number of nitrogens with two attached hydrogens (primary N) is 1. The first-order valence-corrected chi connectivity index (χ1v) is 13.7. The van der Waals surface area contributed by atoms with Crippen molar-refractivity contribution in [3.8, 4) is 0 Å². The Hall–Kier alpha value is -2.03. The van der Waals surface area contributed by atoms with E-state index < -0.39 is 6.09 Å². The predicted molar refractivity (Wildman–Crippen MR) is 142 cm³/mol. The number of carbonyl (C=O) groups is 2. The van der Waals surface area contributed by atoms with E-state index in [1.807, 2.05) is 36.1 Å². The summed E-state index contributed by atoms with van der Waals surface area (Å²) in [6.45, 7) is 3.94. The van der Waals surface area contributed by atoms with Gasteiger partial charge in [0.15, 0.2) is 0 Å². The molecule has 4 atom stereocenters. The van der Waals surface area contributed by atoms with Crippen molar-refractivity contribution in [1.29, 1.82) is 0 Å². The molecule has 1 aromatic carbocycles. The first-order chi connectivity index (χ1) is 17.4. The van der Waals surface area contributed by atoms with Crippen molar-refractivity contribution in [1.82, 2.24) is 15.5 Å². The Balaban J connectivity index is 1.63. The van der Waals surface area contributed by atoms with E-state index in [2.05, 4.69) is 15.4 Å². The molecule has 3 amide bonds. The molecule has 1 saturated heterocycles. The number of urea groups is 1. The number of ether oxygens (including phenoxy) is 2. The minimum absolute atomic E-state index is 0.0228. The van der Waals surface area contributed by atoms with Crippen molar-refractivity contribution < 1.29 is 19.1 Å². The normalized spacial score (nSPS) is 21.3. The lowest BCUT2D eigenvalue weighted by atomic mass is 9.83. The zero-order chi connectivity index (χ0) is 25.9. The zero-order valence-corrected chi connectivity index (χ0v) is 22.5. The zero-order valence-electron chi connectivity index (χ0n) is 21.7. The van der Waals surface area contributed by atoms with Crippen molar-refractivity contribution in [3.05, 3.63) is 34.9 Å². The summed E-state index contributed by atoms with van der Waals surface area (Å²) in [7, 11) is 1.33. The Kier molecular flexibility index (Phi) is 11.6. The number of carbonyl (C=O) groups excluding carboxylic acids is 2. The molecule has 0 aromatic heterocycles. The van der Waals surface area contributed by atoms with Gasteiger partial charge < -0.3 is 30.7 Å². The Bertz CT molecular complexity index is 834. The van der Waals surface area contributed by atoms with Gasteiger partial charge >= 0.3 is 12.1 Å². The summed E-state index contributed by atoms with van der Waals surface area (Å²) in [6, 6.07) is 7.49. The highest BCUT2D eigenvalue weighted by Gasteiger charge is 2.33. The topological polar surface area (TPSA) is 106 Å². The van der Waals surface area contributed by atoms with Gasteiger partial charge in [0.25, 0.3) is 0 Å². The second kappa shape index (κ2) is 14.6. The van der Waals surface area contributed by atoms with Crippen LogP contribution in [0.25, 0.3) is 0 Å². The summed E-state index contributed by atoms with van der Waals surface area (Å²) in [5.74, 6) is 0.747. The molecule has 2 aliphatic rings. The monoisotopic (exact) mass is 522 g/mol. The van der Waals surface area contributed by atoms with Crippen molar-refractivity contribution in [3.63, 3.8) is 0 Å². The van der Waals surface area contributed by atoms with Crippen LogP contribution in [-0.2, 0) is 9.47 Å². The predicted octanol–water partition coefficient (Wildman–Crippen LogP) is 4.86. The van der Waals surface area contributed by atoms with E-state index in [0.29, 0.717) is 37.2 Å². The first kappa shape index (κ1) is 28.5. The molecule has 3 rings (SSSR count). The Morgan fingerprint density at radius 2 is 1.97 bits per heavy atom. The number of benzene rings is 1. The van der Waals surface area contributed by atoms with Gasteiger partial charge in [0.05, 0.1) is 19.8 Å². The second-order valence-electron chi connectivity index (χ2n) is 10.3. The van der Waals surface area contributed by atoms with Gasteiger partial charge in [-0.3, -0.25) is 0 Å². The lowest BCUT2D eigenvalue weighted by Gasteiger charge is -2.38. The Morgan fingerprint density at radius 3 is 2.67 bits per heavy atom. The largest absolute Gasteiger partial charge is 0.453 e. The van der Waals surface area contributed by atoms with Crippen LogP contribution in [0.5, 0.6) is 0 Å². The first-order valence-electron chi connectivity index (χ1n) is 13.4. The third kappa shape index (κ3) is 8.82. The number of nitrogens with zero attached hydrogens (tertiary/aromatic N) is 1. The van der Waals surface area contributed by atoms with Gasteiger partial charge in [0, 0.05) is 42.7 Å². The molecule has 1 saturated carbocycles. The molecular weight excluding hydrogens is 480 g/mol. The van der Waals surface area contributed by atoms with E-state index in [4.69, 9.17) is 22.1 Å². The van der Waals surface area contributed by atoms with E-state index in [1.165, 1.54) is 39.2 Å². The summed E-state index contributed by atoms with van der Waals surface area (Å²) in [5.41, 5.74) is 7.26. The summed E-state index contributed by atoms with van der Waals surface area (Å²) in [6.07, 6.45) is 8.37. The number of hydrogen-bond donors (Lipinski definition) is 3. The van der Waals surface area contributed by atoms with Gasteiger partial charge in [-0.05, 0) is 49.8 Å². The number of methoxy groups -OCH3 is 1. The number of halogens is 1. The standard InChI is InChI=1S/C27H43ClN4O4/c1-19(29)24(16-20-8-4-3-5-9-20)31-26(33)32-14-7-11-22(18-32)25(21-10-6-12-23(28)17-21)36-15-13-30-27(34)35-2/h6,10,12,17,19-20,22,24-25H,3-5,7-9,11,13-16,18,29H2,1-2H3,(H,30,34)(H,31,33)/t19-,22?,24?,25+/m1/s1. The fourth-order valence-corrected chi connectivity index (χ4v) is 5.68. The maximum atomic E-state index is 13.3. The highest BCUT2D eigenvalue weighted by Crippen LogP contribution is 2.34. The van der Waals surface area contributed by atoms with Gasteiger partial charge in [0.1, 0.15) is 0 Å². The summed E-state index contributed by atoms with van der Waals surface area (Å²) >= 11 is 6.28. The van der Waals surface area contributed by atoms with E-state index in [9.17, 15) is 9.59 Å². The van der Waals surface area contributed by atoms with Gasteiger partial charge in [0.2, 0.25) is 0 Å². The lowest BCUT2D eigenvalue weighted by molar-refractivity contribution is -0.00869. The minimum atomic E-state index is -0.490. The van der Waals surface area contributed by atoms with Crippen LogP contribution >= 0.6 is 11.6 Å². The summed E-state index contributed by atoms with van der Waals surface area (Å²) in [5, 5.41) is 6.54. The molecule has 9 heteroatoms. The van der Waals surface area contributed by atoms with Gasteiger partial charge in [-0.25, -0.2) is 9.59 Å². The average molecular weight is 523 g/mol. The molecule has 1 aliphatic carbocycles. The van der Waals surface area contributed by atoms with E-state index >= 15 is 0 Å². The van der Waals surface area contributed by atoms with Crippen LogP contribution in [0.1, 0.15) is 70.0 Å². The van der Waals surface area contributed by atoms with Crippen LogP contribution in [0.15, 0.2) is 24.3 Å².